The monoisotopic (exact) mass is 594 g/mol. The van der Waals surface area contributed by atoms with Gasteiger partial charge in [0.05, 0.1) is 6.61 Å². The molecule has 5 aromatic rings. The Labute approximate surface area is 251 Å². The summed E-state index contributed by atoms with van der Waals surface area (Å²) in [5, 5.41) is 8.34. The molecule has 0 aliphatic carbocycles. The zero-order valence-electron chi connectivity index (χ0n) is 23.7. The first kappa shape index (κ1) is 29.5. The van der Waals surface area contributed by atoms with Crippen LogP contribution in [0.15, 0.2) is 102 Å². The normalized spacial score (nSPS) is 10.5. The van der Waals surface area contributed by atoms with Crippen molar-refractivity contribution in [3.8, 4) is 23.1 Å². The number of hydrogen-bond acceptors (Lipinski definition) is 8. The van der Waals surface area contributed by atoms with E-state index in [1.807, 2.05) is 0 Å². The number of nitrogens with one attached hydrogen (secondary N) is 3. The molecule has 0 fully saturated rings. The van der Waals surface area contributed by atoms with E-state index in [-0.39, 0.29) is 35.7 Å². The molecule has 0 aliphatic rings. The van der Waals surface area contributed by atoms with Crippen molar-refractivity contribution in [3.05, 3.63) is 125 Å². The first-order chi connectivity index (χ1) is 21.3. The van der Waals surface area contributed by atoms with Crippen molar-refractivity contribution < 1.29 is 23.5 Å². The predicted molar refractivity (Wildman–Crippen MR) is 163 cm³/mol. The van der Waals surface area contributed by atoms with E-state index in [0.717, 1.165) is 0 Å². The summed E-state index contributed by atoms with van der Waals surface area (Å²) < 4.78 is 26.1. The highest BCUT2D eigenvalue weighted by molar-refractivity contribution is 6.06. The summed E-state index contributed by atoms with van der Waals surface area (Å²) in [6.07, 6.45) is 3.00. The van der Waals surface area contributed by atoms with E-state index in [1.165, 1.54) is 47.3 Å². The first-order valence-electron chi connectivity index (χ1n) is 13.5. The largest absolute Gasteiger partial charge is 0.493 e. The van der Waals surface area contributed by atoms with E-state index >= 15 is 0 Å². The van der Waals surface area contributed by atoms with Crippen LogP contribution in [-0.4, -0.2) is 40.0 Å². The van der Waals surface area contributed by atoms with Crippen molar-refractivity contribution in [3.63, 3.8) is 0 Å². The van der Waals surface area contributed by atoms with Gasteiger partial charge in [-0.3, -0.25) is 19.0 Å². The lowest BCUT2D eigenvalue weighted by molar-refractivity contribution is 0.0962. The van der Waals surface area contributed by atoms with Gasteiger partial charge in [-0.15, -0.1) is 0 Å². The number of nitrogens with zero attached hydrogens (tertiary/aromatic N) is 3. The van der Waals surface area contributed by atoms with Crippen molar-refractivity contribution >= 4 is 29.1 Å². The Morgan fingerprint density at radius 3 is 2.43 bits per heavy atom. The van der Waals surface area contributed by atoms with E-state index in [4.69, 9.17) is 9.47 Å². The Hall–Kier alpha value is -6.04. The van der Waals surface area contributed by atoms with Crippen molar-refractivity contribution in [1.82, 2.24) is 19.9 Å². The number of pyridine rings is 1. The summed E-state index contributed by atoms with van der Waals surface area (Å²) in [4.78, 5) is 47.1. The number of aromatic nitrogens is 3. The van der Waals surface area contributed by atoms with Crippen molar-refractivity contribution in [2.75, 3.05) is 24.3 Å². The molecule has 222 valence electrons. The second-order valence-electron chi connectivity index (χ2n) is 9.22. The molecule has 0 saturated heterocycles. The van der Waals surface area contributed by atoms with Crippen LogP contribution in [0.1, 0.15) is 27.6 Å². The Bertz CT molecular complexity index is 1860. The molecule has 0 atom stereocenters. The minimum Gasteiger partial charge on any atom is -0.493 e. The molecule has 0 saturated carbocycles. The second-order valence-corrected chi connectivity index (χ2v) is 9.22. The van der Waals surface area contributed by atoms with E-state index < -0.39 is 17.3 Å². The highest BCUT2D eigenvalue weighted by Gasteiger charge is 2.20. The van der Waals surface area contributed by atoms with Crippen LogP contribution >= 0.6 is 0 Å². The fraction of sp³-hybridized carbons (Fsp3) is 0.0938. The molecular formula is C32H27FN6O5. The smallest absolute Gasteiger partial charge is 0.271 e. The second kappa shape index (κ2) is 13.3. The number of amides is 2. The molecule has 0 unspecified atom stereocenters. The zero-order valence-corrected chi connectivity index (χ0v) is 23.7. The molecule has 12 heteroatoms. The maximum atomic E-state index is 13.4. The summed E-state index contributed by atoms with van der Waals surface area (Å²) in [6, 6.07) is 21.8. The van der Waals surface area contributed by atoms with Crippen LogP contribution in [-0.2, 0) is 0 Å². The van der Waals surface area contributed by atoms with Gasteiger partial charge < -0.3 is 25.4 Å². The number of halogens is 1. The van der Waals surface area contributed by atoms with Crippen LogP contribution in [0.2, 0.25) is 0 Å². The number of carbonyl (C=O) groups is 2. The van der Waals surface area contributed by atoms with Gasteiger partial charge in [0.2, 0.25) is 11.8 Å². The third-order valence-corrected chi connectivity index (χ3v) is 6.26. The third-order valence-electron chi connectivity index (χ3n) is 6.26. The minimum atomic E-state index is -0.671. The number of benzene rings is 3. The van der Waals surface area contributed by atoms with Crippen LogP contribution in [0.25, 0.3) is 5.69 Å². The number of rotatable bonds is 10. The summed E-state index contributed by atoms with van der Waals surface area (Å²) in [7, 11) is 1.56. The third kappa shape index (κ3) is 6.87. The number of ether oxygens (including phenoxy) is 2. The topological polar surface area (TPSA) is 136 Å². The lowest BCUT2D eigenvalue weighted by Gasteiger charge is -2.14. The maximum Gasteiger partial charge on any atom is 0.271 e. The van der Waals surface area contributed by atoms with Gasteiger partial charge in [0.25, 0.3) is 17.4 Å². The Balaban J connectivity index is 1.29. The van der Waals surface area contributed by atoms with Gasteiger partial charge in [0, 0.05) is 48.1 Å². The molecule has 0 radical (unpaired) electrons. The molecule has 0 aliphatic heterocycles. The highest BCUT2D eigenvalue weighted by Crippen LogP contribution is 2.24. The Morgan fingerprint density at radius 2 is 1.70 bits per heavy atom. The standard InChI is InChI=1S/C32H27FN6O5/c1-3-43-26-16-18-39(24-11-7-21(33)8-12-24)31(42)28(26)30(41)36-22-9-13-25(14-10-22)44-27-15-17-35-32(38-27)37-23-6-4-5-20(19-23)29(40)34-2/h4-19H,3H2,1-2H3,(H,34,40)(H,36,41)(H,35,37,38). The number of carbonyl (C=O) groups excluding carboxylic acids is 2. The SMILES string of the molecule is CCOc1ccn(-c2ccc(F)cc2)c(=O)c1C(=O)Nc1ccc(Oc2ccnc(Nc3cccc(C(=O)NC)c3)n2)cc1. The highest BCUT2D eigenvalue weighted by atomic mass is 19.1. The average molecular weight is 595 g/mol. The first-order valence-corrected chi connectivity index (χ1v) is 13.5. The molecule has 0 spiro atoms. The van der Waals surface area contributed by atoms with Gasteiger partial charge >= 0.3 is 0 Å². The van der Waals surface area contributed by atoms with Crippen LogP contribution in [0, 0.1) is 5.82 Å². The molecule has 5 rings (SSSR count). The van der Waals surface area contributed by atoms with Gasteiger partial charge in [-0.05, 0) is 79.7 Å². The van der Waals surface area contributed by atoms with Gasteiger partial charge in [-0.25, -0.2) is 9.37 Å². The van der Waals surface area contributed by atoms with Gasteiger partial charge in [0.1, 0.15) is 22.9 Å². The summed E-state index contributed by atoms with van der Waals surface area (Å²) >= 11 is 0. The molecule has 3 N–H and O–H groups in total. The zero-order chi connectivity index (χ0) is 31.1. The fourth-order valence-electron chi connectivity index (χ4n) is 4.20. The fourth-order valence-corrected chi connectivity index (χ4v) is 4.20. The predicted octanol–water partition coefficient (Wildman–Crippen LogP) is 5.31. The van der Waals surface area contributed by atoms with E-state index in [2.05, 4.69) is 25.9 Å². The van der Waals surface area contributed by atoms with Crippen LogP contribution in [0.4, 0.5) is 21.7 Å². The van der Waals surface area contributed by atoms with Crippen molar-refractivity contribution in [2.45, 2.75) is 6.92 Å². The van der Waals surface area contributed by atoms with Crippen LogP contribution in [0.5, 0.6) is 17.4 Å². The van der Waals surface area contributed by atoms with E-state index in [9.17, 15) is 18.8 Å². The number of hydrogen-bond donors (Lipinski definition) is 3. The van der Waals surface area contributed by atoms with Gasteiger partial charge in [0.15, 0.2) is 0 Å². The molecule has 11 nitrogen and oxygen atoms in total. The maximum absolute atomic E-state index is 13.4. The quantitative estimate of drug-likeness (QED) is 0.198. The lowest BCUT2D eigenvalue weighted by Crippen LogP contribution is -2.29. The Kier molecular flexibility index (Phi) is 8.90. The molecule has 44 heavy (non-hydrogen) atoms. The summed E-state index contributed by atoms with van der Waals surface area (Å²) in [5.41, 5.74) is 1.10. The molecule has 2 aromatic heterocycles. The molecular weight excluding hydrogens is 567 g/mol. The van der Waals surface area contributed by atoms with Gasteiger partial charge in [-0.2, -0.15) is 4.98 Å². The van der Waals surface area contributed by atoms with Crippen molar-refractivity contribution in [1.29, 1.82) is 0 Å². The summed E-state index contributed by atoms with van der Waals surface area (Å²) in [6.45, 7) is 1.99. The average Bonchev–Trinajstić information content (AvgIpc) is 3.03. The van der Waals surface area contributed by atoms with Crippen molar-refractivity contribution in [2.24, 2.45) is 0 Å². The summed E-state index contributed by atoms with van der Waals surface area (Å²) in [5.74, 6) is -0.250. The molecule has 2 amide bonds. The molecule has 3 aromatic carbocycles. The minimum absolute atomic E-state index is 0.127. The van der Waals surface area contributed by atoms with Gasteiger partial charge in [-0.1, -0.05) is 6.07 Å². The van der Waals surface area contributed by atoms with Crippen LogP contribution in [0.3, 0.4) is 0 Å². The molecule has 0 bridgehead atoms. The van der Waals surface area contributed by atoms with Crippen LogP contribution < -0.4 is 31.0 Å². The lowest BCUT2D eigenvalue weighted by atomic mass is 10.2. The molecule has 2 heterocycles. The Morgan fingerprint density at radius 1 is 0.932 bits per heavy atom. The number of anilines is 3. The van der Waals surface area contributed by atoms with E-state index in [1.54, 1.807) is 68.6 Å². The van der Waals surface area contributed by atoms with E-state index in [0.29, 0.717) is 28.4 Å².